The van der Waals surface area contributed by atoms with E-state index >= 15 is 0 Å². The fourth-order valence-corrected chi connectivity index (χ4v) is 1.32. The lowest BCUT2D eigenvalue weighted by atomic mass is 10.5. The molecule has 0 heterocycles. The van der Waals surface area contributed by atoms with Gasteiger partial charge in [-0.1, -0.05) is 6.92 Å². The van der Waals surface area contributed by atoms with Gasteiger partial charge in [-0.2, -0.15) is 0 Å². The molecule has 0 saturated carbocycles. The van der Waals surface area contributed by atoms with Crippen LogP contribution in [0, 0.1) is 0 Å². The predicted molar refractivity (Wildman–Crippen MR) is 40.0 cm³/mol. The lowest BCUT2D eigenvalue weighted by Crippen LogP contribution is -1.99. The summed E-state index contributed by atoms with van der Waals surface area (Å²) in [7, 11) is -1.29. The third kappa shape index (κ3) is 4.82. The van der Waals surface area contributed by atoms with E-state index in [0.717, 1.165) is 0 Å². The summed E-state index contributed by atoms with van der Waals surface area (Å²) in [6.45, 7) is 2.09. The van der Waals surface area contributed by atoms with Crippen molar-refractivity contribution in [3.05, 3.63) is 0 Å². The van der Waals surface area contributed by atoms with E-state index in [1.54, 1.807) is 0 Å². The monoisotopic (exact) mass is 200 g/mol. The molecule has 0 aromatic heterocycles. The minimum atomic E-state index is -3.68. The third-order valence-electron chi connectivity index (χ3n) is 0.785. The Balaban J connectivity index is 3.90. The first-order chi connectivity index (χ1) is 5.68. The maximum Gasteiger partial charge on any atom is 0.529 e. The maximum atomic E-state index is 11.3. The molecule has 12 heavy (non-hydrogen) atoms. The molecule has 0 aromatic rings. The second-order valence-corrected chi connectivity index (χ2v) is 3.21. The van der Waals surface area contributed by atoms with E-state index in [4.69, 9.17) is 4.52 Å². The average molecular weight is 200 g/mol. The molecule has 0 unspecified atom stereocenters. The summed E-state index contributed by atoms with van der Waals surface area (Å²) in [4.78, 5) is 8.33. The zero-order valence-electron chi connectivity index (χ0n) is 7.31. The SMILES string of the molecule is CCCOP(=O)(OOC)OOC. The van der Waals surface area contributed by atoms with E-state index < -0.39 is 7.82 Å². The minimum Gasteiger partial charge on any atom is -0.284 e. The van der Waals surface area contributed by atoms with Crippen molar-refractivity contribution in [2.45, 2.75) is 13.3 Å². The first-order valence-electron chi connectivity index (χ1n) is 3.38. The molecule has 7 heteroatoms. The van der Waals surface area contributed by atoms with Crippen LogP contribution in [0.4, 0.5) is 0 Å². The number of phosphoric acid groups is 1. The first kappa shape index (κ1) is 12.0. The van der Waals surface area contributed by atoms with Crippen LogP contribution in [0.1, 0.15) is 13.3 Å². The molecule has 0 saturated heterocycles. The summed E-state index contributed by atoms with van der Waals surface area (Å²) in [6, 6.07) is 0. The molecule has 0 N–H and O–H groups in total. The largest absolute Gasteiger partial charge is 0.529 e. The van der Waals surface area contributed by atoms with Gasteiger partial charge in [-0.05, 0) is 6.42 Å². The molecule has 74 valence electrons. The van der Waals surface area contributed by atoms with Crippen LogP contribution in [0.15, 0.2) is 0 Å². The Kier molecular flexibility index (Phi) is 6.55. The summed E-state index contributed by atoms with van der Waals surface area (Å²) in [5, 5.41) is 0. The predicted octanol–water partition coefficient (Wildman–Crippen LogP) is 1.68. The molecule has 0 radical (unpaired) electrons. The quantitative estimate of drug-likeness (QED) is 0.354. The van der Waals surface area contributed by atoms with Gasteiger partial charge >= 0.3 is 7.82 Å². The topological polar surface area (TPSA) is 63.2 Å². The summed E-state index contributed by atoms with van der Waals surface area (Å²) in [5.74, 6) is 0. The van der Waals surface area contributed by atoms with Crippen LogP contribution in [0.3, 0.4) is 0 Å². The van der Waals surface area contributed by atoms with Crippen molar-refractivity contribution in [3.63, 3.8) is 0 Å². The highest BCUT2D eigenvalue weighted by molar-refractivity contribution is 7.48. The average Bonchev–Trinajstić information content (AvgIpc) is 2.02. The van der Waals surface area contributed by atoms with Crippen LogP contribution in [0.5, 0.6) is 0 Å². The van der Waals surface area contributed by atoms with Crippen molar-refractivity contribution in [2.75, 3.05) is 20.8 Å². The van der Waals surface area contributed by atoms with Crippen molar-refractivity contribution in [2.24, 2.45) is 0 Å². The van der Waals surface area contributed by atoms with E-state index in [2.05, 4.69) is 19.1 Å². The fourth-order valence-electron chi connectivity index (χ4n) is 0.441. The molecular formula is C5H13O6P. The molecule has 0 aliphatic heterocycles. The zero-order chi connectivity index (χ0) is 9.45. The highest BCUT2D eigenvalue weighted by Crippen LogP contribution is 2.49. The molecule has 0 spiro atoms. The second-order valence-electron chi connectivity index (χ2n) is 1.76. The summed E-state index contributed by atoms with van der Waals surface area (Å²) < 4.78 is 24.5. The van der Waals surface area contributed by atoms with Gasteiger partial charge in [0.1, 0.15) is 0 Å². The highest BCUT2D eigenvalue weighted by atomic mass is 31.2. The Morgan fingerprint density at radius 1 is 1.17 bits per heavy atom. The van der Waals surface area contributed by atoms with E-state index in [1.807, 2.05) is 6.92 Å². The molecule has 0 aromatic carbocycles. The fraction of sp³-hybridized carbons (Fsp3) is 1.00. The van der Waals surface area contributed by atoms with Crippen LogP contribution in [-0.2, 0) is 28.2 Å². The van der Waals surface area contributed by atoms with Gasteiger partial charge in [0.15, 0.2) is 0 Å². The van der Waals surface area contributed by atoms with Crippen LogP contribution in [0.25, 0.3) is 0 Å². The van der Waals surface area contributed by atoms with E-state index in [-0.39, 0.29) is 6.61 Å². The standard InChI is InChI=1S/C5H13O6P/c1-4-5-9-12(6,10-7-2)11-8-3/h4-5H2,1-3H3. The molecule has 0 aliphatic rings. The smallest absolute Gasteiger partial charge is 0.284 e. The van der Waals surface area contributed by atoms with Gasteiger partial charge in [0, 0.05) is 0 Å². The van der Waals surface area contributed by atoms with Crippen LogP contribution >= 0.6 is 7.82 Å². The van der Waals surface area contributed by atoms with Crippen LogP contribution < -0.4 is 0 Å². The van der Waals surface area contributed by atoms with Gasteiger partial charge in [0.2, 0.25) is 0 Å². The Labute approximate surface area is 71.2 Å². The van der Waals surface area contributed by atoms with Gasteiger partial charge in [0.25, 0.3) is 0 Å². The highest BCUT2D eigenvalue weighted by Gasteiger charge is 2.28. The van der Waals surface area contributed by atoms with E-state index in [0.29, 0.717) is 6.42 Å². The van der Waals surface area contributed by atoms with Crippen molar-refractivity contribution < 1.29 is 28.2 Å². The van der Waals surface area contributed by atoms with Crippen molar-refractivity contribution in [1.29, 1.82) is 0 Å². The second kappa shape index (κ2) is 6.54. The van der Waals surface area contributed by atoms with E-state index in [1.165, 1.54) is 14.2 Å². The molecule has 0 rings (SSSR count). The lowest BCUT2D eigenvalue weighted by molar-refractivity contribution is -0.259. The third-order valence-corrected chi connectivity index (χ3v) is 1.95. The molecule has 6 nitrogen and oxygen atoms in total. The molecule has 0 bridgehead atoms. The van der Waals surface area contributed by atoms with Crippen molar-refractivity contribution in [3.8, 4) is 0 Å². The number of rotatable bonds is 7. The van der Waals surface area contributed by atoms with Gasteiger partial charge in [0.05, 0.1) is 20.8 Å². The minimum absolute atomic E-state index is 0.240. The Bertz CT molecular complexity index is 139. The summed E-state index contributed by atoms with van der Waals surface area (Å²) in [5.41, 5.74) is 0. The van der Waals surface area contributed by atoms with Gasteiger partial charge in [-0.15, -0.1) is 9.35 Å². The molecule has 0 atom stereocenters. The normalized spacial score (nSPS) is 11.9. The number of hydrogen-bond acceptors (Lipinski definition) is 6. The molecular weight excluding hydrogens is 187 g/mol. The van der Waals surface area contributed by atoms with Crippen LogP contribution in [0.2, 0.25) is 0 Å². The summed E-state index contributed by atoms with van der Waals surface area (Å²) >= 11 is 0. The van der Waals surface area contributed by atoms with E-state index in [9.17, 15) is 4.57 Å². The maximum absolute atomic E-state index is 11.3. The zero-order valence-corrected chi connectivity index (χ0v) is 8.21. The number of hydrogen-bond donors (Lipinski definition) is 0. The van der Waals surface area contributed by atoms with Crippen molar-refractivity contribution >= 4 is 7.82 Å². The molecule has 0 amide bonds. The summed E-state index contributed by atoms with van der Waals surface area (Å²) in [6.07, 6.45) is 0.685. The Morgan fingerprint density at radius 3 is 2.00 bits per heavy atom. The lowest BCUT2D eigenvalue weighted by Gasteiger charge is -2.12. The molecule has 0 aliphatic carbocycles. The van der Waals surface area contributed by atoms with Gasteiger partial charge < -0.3 is 0 Å². The molecule has 0 fully saturated rings. The van der Waals surface area contributed by atoms with Crippen molar-refractivity contribution in [1.82, 2.24) is 0 Å². The van der Waals surface area contributed by atoms with Gasteiger partial charge in [-0.25, -0.2) is 14.3 Å². The first-order valence-corrected chi connectivity index (χ1v) is 4.84. The Hall–Kier alpha value is 0.0300. The van der Waals surface area contributed by atoms with Gasteiger partial charge in [-0.3, -0.25) is 4.52 Å². The van der Waals surface area contributed by atoms with Crippen LogP contribution in [-0.4, -0.2) is 20.8 Å². The Morgan fingerprint density at radius 2 is 1.67 bits per heavy atom.